The zero-order valence-corrected chi connectivity index (χ0v) is 20.8. The zero-order valence-electron chi connectivity index (χ0n) is 20.8. The quantitative estimate of drug-likeness (QED) is 0.451. The minimum atomic E-state index is -0.236. The van der Waals surface area contributed by atoms with Crippen LogP contribution in [0.15, 0.2) is 78.9 Å². The van der Waals surface area contributed by atoms with E-state index in [0.717, 1.165) is 45.7 Å². The molecule has 1 fully saturated rings. The Labute approximate surface area is 213 Å². The smallest absolute Gasteiger partial charge is 0.255 e. The van der Waals surface area contributed by atoms with Crippen molar-refractivity contribution in [2.45, 2.75) is 12.8 Å². The molecule has 0 atom stereocenters. The fraction of sp³-hybridized carbons (Fsp3) is 0.310. The average molecular weight is 487 g/mol. The number of para-hydroxylation sites is 2. The number of rotatable bonds is 10. The molecule has 0 aliphatic carbocycles. The Morgan fingerprint density at radius 2 is 1.42 bits per heavy atom. The average Bonchev–Trinajstić information content (AvgIpc) is 2.92. The summed E-state index contributed by atoms with van der Waals surface area (Å²) in [5.74, 6) is 0.344. The summed E-state index contributed by atoms with van der Waals surface area (Å²) in [6, 6.07) is 24.8. The molecule has 4 rings (SSSR count). The Hall–Kier alpha value is -3.68. The molecule has 7 heteroatoms. The van der Waals surface area contributed by atoms with E-state index in [2.05, 4.69) is 50.8 Å². The number of ether oxygens (including phenoxy) is 1. The van der Waals surface area contributed by atoms with E-state index in [4.69, 9.17) is 4.74 Å². The molecule has 3 aromatic rings. The van der Waals surface area contributed by atoms with Gasteiger partial charge in [-0.25, -0.2) is 0 Å². The fourth-order valence-electron chi connectivity index (χ4n) is 4.30. The van der Waals surface area contributed by atoms with E-state index in [-0.39, 0.29) is 11.8 Å². The summed E-state index contributed by atoms with van der Waals surface area (Å²) in [5, 5.41) is 5.79. The fourth-order valence-corrected chi connectivity index (χ4v) is 4.30. The normalized spacial score (nSPS) is 14.2. The number of amides is 2. The second kappa shape index (κ2) is 12.9. The number of anilines is 2. The molecule has 1 saturated heterocycles. The van der Waals surface area contributed by atoms with Crippen LogP contribution in [0.5, 0.6) is 5.75 Å². The lowest BCUT2D eigenvalue weighted by Gasteiger charge is -2.34. The summed E-state index contributed by atoms with van der Waals surface area (Å²) in [7, 11) is 1.57. The van der Waals surface area contributed by atoms with Crippen LogP contribution >= 0.6 is 0 Å². The van der Waals surface area contributed by atoms with Crippen LogP contribution in [0, 0.1) is 0 Å². The van der Waals surface area contributed by atoms with Crippen molar-refractivity contribution in [3.05, 3.63) is 90.0 Å². The highest BCUT2D eigenvalue weighted by Gasteiger charge is 2.17. The van der Waals surface area contributed by atoms with Gasteiger partial charge in [-0.05, 0) is 48.4 Å². The summed E-state index contributed by atoms with van der Waals surface area (Å²) in [6.07, 6.45) is 1.52. The lowest BCUT2D eigenvalue weighted by Crippen LogP contribution is -2.47. The molecule has 0 radical (unpaired) electrons. The van der Waals surface area contributed by atoms with E-state index in [0.29, 0.717) is 29.1 Å². The second-order valence-corrected chi connectivity index (χ2v) is 8.95. The van der Waals surface area contributed by atoms with Crippen molar-refractivity contribution in [2.24, 2.45) is 0 Å². The first-order chi connectivity index (χ1) is 17.6. The van der Waals surface area contributed by atoms with Gasteiger partial charge >= 0.3 is 0 Å². The van der Waals surface area contributed by atoms with Gasteiger partial charge in [-0.3, -0.25) is 9.59 Å². The molecule has 1 heterocycles. The minimum Gasteiger partial charge on any atom is -0.495 e. The maximum Gasteiger partial charge on any atom is 0.255 e. The third-order valence-corrected chi connectivity index (χ3v) is 6.47. The SMILES string of the molecule is COc1ccccc1NC(=O)c1ccc(NC(=O)CCN2CCN(CCc3ccccc3)CC2)cc1. The predicted octanol–water partition coefficient (Wildman–Crippen LogP) is 4.14. The summed E-state index contributed by atoms with van der Waals surface area (Å²) >= 11 is 0. The van der Waals surface area contributed by atoms with Crippen LogP contribution in [0.25, 0.3) is 0 Å². The lowest BCUT2D eigenvalue weighted by atomic mass is 10.1. The van der Waals surface area contributed by atoms with E-state index in [1.54, 1.807) is 43.5 Å². The standard InChI is InChI=1S/C29H34N4O3/c1-36-27-10-6-5-9-26(27)31-29(35)24-11-13-25(14-12-24)30-28(34)16-18-33-21-19-32(20-22-33)17-15-23-7-3-2-4-8-23/h2-14H,15-22H2,1H3,(H,30,34)(H,31,35). The van der Waals surface area contributed by atoms with Crippen LogP contribution in [-0.2, 0) is 11.2 Å². The van der Waals surface area contributed by atoms with E-state index in [9.17, 15) is 9.59 Å². The molecular weight excluding hydrogens is 452 g/mol. The van der Waals surface area contributed by atoms with Gasteiger partial charge in [0.05, 0.1) is 12.8 Å². The van der Waals surface area contributed by atoms with Gasteiger partial charge in [0.2, 0.25) is 5.91 Å². The third kappa shape index (κ3) is 7.41. The number of benzene rings is 3. The van der Waals surface area contributed by atoms with Crippen molar-refractivity contribution in [2.75, 3.05) is 57.0 Å². The van der Waals surface area contributed by atoms with E-state index < -0.39 is 0 Å². The van der Waals surface area contributed by atoms with Crippen LogP contribution in [0.4, 0.5) is 11.4 Å². The molecule has 0 unspecified atom stereocenters. The third-order valence-electron chi connectivity index (χ3n) is 6.47. The molecule has 3 aromatic carbocycles. The number of nitrogens with zero attached hydrogens (tertiary/aromatic N) is 2. The first-order valence-electron chi connectivity index (χ1n) is 12.4. The van der Waals surface area contributed by atoms with Crippen LogP contribution in [0.3, 0.4) is 0 Å². The van der Waals surface area contributed by atoms with Crippen LogP contribution in [0.2, 0.25) is 0 Å². The Balaban J connectivity index is 1.16. The summed E-state index contributed by atoms with van der Waals surface area (Å²) in [6.45, 7) is 5.86. The first kappa shape index (κ1) is 25.4. The number of hydrogen-bond donors (Lipinski definition) is 2. The zero-order chi connectivity index (χ0) is 25.2. The largest absolute Gasteiger partial charge is 0.495 e. The van der Waals surface area contributed by atoms with Crippen LogP contribution < -0.4 is 15.4 Å². The van der Waals surface area contributed by atoms with Gasteiger partial charge in [-0.1, -0.05) is 42.5 Å². The molecule has 188 valence electrons. The monoisotopic (exact) mass is 486 g/mol. The molecule has 0 saturated carbocycles. The van der Waals surface area contributed by atoms with Gasteiger partial charge in [0, 0.05) is 56.9 Å². The summed E-state index contributed by atoms with van der Waals surface area (Å²) in [5.41, 5.74) is 3.17. The molecule has 2 N–H and O–H groups in total. The Morgan fingerprint density at radius 3 is 2.11 bits per heavy atom. The number of methoxy groups -OCH3 is 1. The van der Waals surface area contributed by atoms with Crippen molar-refractivity contribution in [3.8, 4) is 5.75 Å². The number of hydrogen-bond acceptors (Lipinski definition) is 5. The van der Waals surface area contributed by atoms with Gasteiger partial charge < -0.3 is 25.2 Å². The van der Waals surface area contributed by atoms with Gasteiger partial charge in [-0.15, -0.1) is 0 Å². The Kier molecular flexibility index (Phi) is 9.08. The summed E-state index contributed by atoms with van der Waals surface area (Å²) in [4.78, 5) is 29.9. The van der Waals surface area contributed by atoms with Crippen molar-refractivity contribution in [1.82, 2.24) is 9.80 Å². The van der Waals surface area contributed by atoms with E-state index >= 15 is 0 Å². The van der Waals surface area contributed by atoms with Crippen molar-refractivity contribution < 1.29 is 14.3 Å². The molecule has 1 aliphatic heterocycles. The maximum atomic E-state index is 12.6. The number of nitrogens with one attached hydrogen (secondary N) is 2. The van der Waals surface area contributed by atoms with Crippen molar-refractivity contribution >= 4 is 23.2 Å². The molecule has 1 aliphatic rings. The molecular formula is C29H34N4O3. The van der Waals surface area contributed by atoms with Crippen LogP contribution in [-0.4, -0.2) is 68.0 Å². The molecule has 7 nitrogen and oxygen atoms in total. The molecule has 0 bridgehead atoms. The van der Waals surface area contributed by atoms with Gasteiger partial charge in [0.1, 0.15) is 5.75 Å². The molecule has 0 aromatic heterocycles. The second-order valence-electron chi connectivity index (χ2n) is 8.95. The highest BCUT2D eigenvalue weighted by atomic mass is 16.5. The topological polar surface area (TPSA) is 73.9 Å². The van der Waals surface area contributed by atoms with E-state index in [1.807, 2.05) is 12.1 Å². The lowest BCUT2D eigenvalue weighted by molar-refractivity contribution is -0.116. The number of carbonyl (C=O) groups is 2. The van der Waals surface area contributed by atoms with Gasteiger partial charge in [0.25, 0.3) is 5.91 Å². The van der Waals surface area contributed by atoms with Gasteiger partial charge in [0.15, 0.2) is 0 Å². The highest BCUT2D eigenvalue weighted by Crippen LogP contribution is 2.24. The molecule has 36 heavy (non-hydrogen) atoms. The minimum absolute atomic E-state index is 0.0206. The number of carbonyl (C=O) groups excluding carboxylic acids is 2. The van der Waals surface area contributed by atoms with Crippen molar-refractivity contribution in [1.29, 1.82) is 0 Å². The Bertz CT molecular complexity index is 1130. The molecule has 2 amide bonds. The van der Waals surface area contributed by atoms with Gasteiger partial charge in [-0.2, -0.15) is 0 Å². The number of piperazine rings is 1. The Morgan fingerprint density at radius 1 is 0.778 bits per heavy atom. The first-order valence-corrected chi connectivity index (χ1v) is 12.4. The predicted molar refractivity (Wildman–Crippen MR) is 144 cm³/mol. The maximum absolute atomic E-state index is 12.6. The van der Waals surface area contributed by atoms with E-state index in [1.165, 1.54) is 5.56 Å². The molecule has 0 spiro atoms. The van der Waals surface area contributed by atoms with Crippen LogP contribution in [0.1, 0.15) is 22.3 Å². The van der Waals surface area contributed by atoms with Crippen molar-refractivity contribution in [3.63, 3.8) is 0 Å². The highest BCUT2D eigenvalue weighted by molar-refractivity contribution is 6.05. The summed E-state index contributed by atoms with van der Waals surface area (Å²) < 4.78 is 5.28.